The molecule has 1 aromatic carbocycles. The molecule has 0 bridgehead atoms. The van der Waals surface area contributed by atoms with Gasteiger partial charge in [-0.2, -0.15) is 0 Å². The Balaban J connectivity index is 0.00000163. The van der Waals surface area contributed by atoms with Crippen LogP contribution in [-0.4, -0.2) is 12.0 Å². The van der Waals surface area contributed by atoms with Crippen molar-refractivity contribution in [2.75, 3.05) is 7.11 Å². The molecular weight excluding hydrogens is 353 g/mol. The summed E-state index contributed by atoms with van der Waals surface area (Å²) in [6, 6.07) is 9.97. The molecule has 0 saturated carbocycles. The standard InChI is InChI=1S/C18H18FNO3S.C2H6/c1-12(23-3)4-9-16(20(21)22)13(2)17-10-11-18(24-17)14-5-7-15(19)8-6-14;1-2/h4-11,13H,1-3H3;1-2H3/b12-4+,16-9+;. The first-order chi connectivity index (χ1) is 12.4. The number of nitro groups is 1. The predicted octanol–water partition coefficient (Wildman–Crippen LogP) is 6.39. The fourth-order valence-corrected chi connectivity index (χ4v) is 3.21. The molecule has 140 valence electrons. The van der Waals surface area contributed by atoms with Gasteiger partial charge in [-0.25, -0.2) is 4.39 Å². The lowest BCUT2D eigenvalue weighted by atomic mass is 10.1. The minimum Gasteiger partial charge on any atom is -0.501 e. The van der Waals surface area contributed by atoms with Gasteiger partial charge in [0, 0.05) is 15.8 Å². The zero-order chi connectivity index (χ0) is 19.7. The molecule has 1 atom stereocenters. The van der Waals surface area contributed by atoms with Crippen molar-refractivity contribution in [3.8, 4) is 10.4 Å². The van der Waals surface area contributed by atoms with E-state index in [1.807, 2.05) is 26.0 Å². The van der Waals surface area contributed by atoms with E-state index in [-0.39, 0.29) is 22.4 Å². The van der Waals surface area contributed by atoms with E-state index in [1.54, 1.807) is 32.1 Å². The van der Waals surface area contributed by atoms with Gasteiger partial charge in [-0.3, -0.25) is 10.1 Å². The van der Waals surface area contributed by atoms with Gasteiger partial charge in [-0.1, -0.05) is 26.0 Å². The van der Waals surface area contributed by atoms with Crippen LogP contribution in [0.25, 0.3) is 10.4 Å². The molecule has 6 heteroatoms. The van der Waals surface area contributed by atoms with Crippen molar-refractivity contribution in [1.82, 2.24) is 0 Å². The van der Waals surface area contributed by atoms with Crippen LogP contribution < -0.4 is 0 Å². The lowest BCUT2D eigenvalue weighted by Crippen LogP contribution is -2.06. The third-order valence-electron chi connectivity index (χ3n) is 3.65. The fraction of sp³-hybridized carbons (Fsp3) is 0.300. The van der Waals surface area contributed by atoms with Crippen LogP contribution in [0.4, 0.5) is 4.39 Å². The number of thiophene rings is 1. The lowest BCUT2D eigenvalue weighted by molar-refractivity contribution is -0.429. The molecule has 0 saturated heterocycles. The molecule has 0 amide bonds. The average molecular weight is 377 g/mol. The van der Waals surface area contributed by atoms with Crippen molar-refractivity contribution in [3.05, 3.63) is 80.8 Å². The summed E-state index contributed by atoms with van der Waals surface area (Å²) in [6.45, 7) is 7.53. The zero-order valence-corrected chi connectivity index (χ0v) is 16.5. The van der Waals surface area contributed by atoms with Crippen LogP contribution in [0.1, 0.15) is 38.5 Å². The number of benzene rings is 1. The zero-order valence-electron chi connectivity index (χ0n) is 15.7. The van der Waals surface area contributed by atoms with Crippen LogP contribution in [0, 0.1) is 15.9 Å². The molecule has 4 nitrogen and oxygen atoms in total. The summed E-state index contributed by atoms with van der Waals surface area (Å²) in [5, 5.41) is 11.4. The van der Waals surface area contributed by atoms with E-state index in [4.69, 9.17) is 4.74 Å². The molecular formula is C20H24FNO3S. The van der Waals surface area contributed by atoms with Gasteiger partial charge in [0.2, 0.25) is 0 Å². The second-order valence-corrected chi connectivity index (χ2v) is 6.38. The Morgan fingerprint density at radius 2 is 1.81 bits per heavy atom. The van der Waals surface area contributed by atoms with Gasteiger partial charge in [0.1, 0.15) is 5.82 Å². The molecule has 0 radical (unpaired) electrons. The minimum atomic E-state index is -0.374. The van der Waals surface area contributed by atoms with E-state index in [0.29, 0.717) is 5.76 Å². The number of ether oxygens (including phenoxy) is 1. The Hall–Kier alpha value is -2.47. The number of halogens is 1. The highest BCUT2D eigenvalue weighted by molar-refractivity contribution is 7.15. The number of allylic oxidation sites excluding steroid dienone is 4. The Morgan fingerprint density at radius 1 is 1.19 bits per heavy atom. The van der Waals surface area contributed by atoms with Crippen molar-refractivity contribution in [3.63, 3.8) is 0 Å². The first-order valence-corrected chi connectivity index (χ1v) is 9.16. The number of methoxy groups -OCH3 is 1. The number of hydrogen-bond donors (Lipinski definition) is 0. The summed E-state index contributed by atoms with van der Waals surface area (Å²) in [5.41, 5.74) is 0.987. The number of nitrogens with zero attached hydrogens (tertiary/aromatic N) is 1. The summed E-state index contributed by atoms with van der Waals surface area (Å²) in [5.74, 6) is -0.0531. The van der Waals surface area contributed by atoms with Crippen LogP contribution in [0.3, 0.4) is 0 Å². The Labute approximate surface area is 157 Å². The Kier molecular flexibility index (Phi) is 8.72. The maximum Gasteiger partial charge on any atom is 0.254 e. The van der Waals surface area contributed by atoms with Crippen LogP contribution >= 0.6 is 11.3 Å². The van der Waals surface area contributed by atoms with Gasteiger partial charge >= 0.3 is 0 Å². The highest BCUT2D eigenvalue weighted by atomic mass is 32.1. The predicted molar refractivity (Wildman–Crippen MR) is 105 cm³/mol. The SMILES string of the molecule is CC.CO/C(C)=C/C=C(\C(C)c1ccc(-c2ccc(F)cc2)s1)[N+](=O)[O-]. The molecule has 2 aromatic rings. The second kappa shape index (κ2) is 10.5. The normalized spacial score (nSPS) is 12.8. The molecule has 1 aromatic heterocycles. The van der Waals surface area contributed by atoms with Crippen LogP contribution in [0.15, 0.2) is 60.0 Å². The van der Waals surface area contributed by atoms with E-state index in [0.717, 1.165) is 15.3 Å². The van der Waals surface area contributed by atoms with Crippen molar-refractivity contribution < 1.29 is 14.1 Å². The van der Waals surface area contributed by atoms with Crippen LogP contribution in [0.2, 0.25) is 0 Å². The third kappa shape index (κ3) is 5.81. The smallest absolute Gasteiger partial charge is 0.254 e. The van der Waals surface area contributed by atoms with E-state index in [9.17, 15) is 14.5 Å². The van der Waals surface area contributed by atoms with E-state index in [2.05, 4.69) is 0 Å². The van der Waals surface area contributed by atoms with Crippen molar-refractivity contribution in [2.24, 2.45) is 0 Å². The van der Waals surface area contributed by atoms with E-state index >= 15 is 0 Å². The molecule has 26 heavy (non-hydrogen) atoms. The molecule has 1 heterocycles. The number of rotatable bonds is 6. The lowest BCUT2D eigenvalue weighted by Gasteiger charge is -2.06. The van der Waals surface area contributed by atoms with Gasteiger partial charge < -0.3 is 4.74 Å². The summed E-state index contributed by atoms with van der Waals surface area (Å²) in [4.78, 5) is 12.8. The molecule has 0 aliphatic carbocycles. The molecule has 1 unspecified atom stereocenters. The minimum absolute atomic E-state index is 0.0962. The first kappa shape index (κ1) is 21.6. The van der Waals surface area contributed by atoms with E-state index in [1.165, 1.54) is 36.7 Å². The van der Waals surface area contributed by atoms with Gasteiger partial charge in [0.15, 0.2) is 0 Å². The molecule has 0 aliphatic heterocycles. The molecule has 0 fully saturated rings. The third-order valence-corrected chi connectivity index (χ3v) is 4.96. The Morgan fingerprint density at radius 3 is 2.35 bits per heavy atom. The highest BCUT2D eigenvalue weighted by Crippen LogP contribution is 2.35. The highest BCUT2D eigenvalue weighted by Gasteiger charge is 2.23. The maximum absolute atomic E-state index is 13.0. The van der Waals surface area contributed by atoms with Gasteiger partial charge in [-0.15, -0.1) is 11.3 Å². The van der Waals surface area contributed by atoms with E-state index < -0.39 is 0 Å². The summed E-state index contributed by atoms with van der Waals surface area (Å²) >= 11 is 1.47. The largest absolute Gasteiger partial charge is 0.501 e. The second-order valence-electron chi connectivity index (χ2n) is 5.26. The average Bonchev–Trinajstić information content (AvgIpc) is 3.13. The molecule has 0 aliphatic rings. The molecule has 2 rings (SSSR count). The van der Waals surface area contributed by atoms with Crippen LogP contribution in [-0.2, 0) is 4.74 Å². The quantitative estimate of drug-likeness (QED) is 0.253. The maximum atomic E-state index is 13.0. The van der Waals surface area contributed by atoms with Crippen molar-refractivity contribution >= 4 is 11.3 Å². The number of hydrogen-bond acceptors (Lipinski definition) is 4. The molecule has 0 N–H and O–H groups in total. The monoisotopic (exact) mass is 377 g/mol. The van der Waals surface area contributed by atoms with Gasteiger partial charge in [-0.05, 0) is 49.8 Å². The fourth-order valence-electron chi connectivity index (χ4n) is 2.13. The van der Waals surface area contributed by atoms with Gasteiger partial charge in [0.05, 0.1) is 23.7 Å². The topological polar surface area (TPSA) is 52.4 Å². The summed E-state index contributed by atoms with van der Waals surface area (Å²) < 4.78 is 18.0. The first-order valence-electron chi connectivity index (χ1n) is 8.35. The van der Waals surface area contributed by atoms with Crippen molar-refractivity contribution in [1.29, 1.82) is 0 Å². The van der Waals surface area contributed by atoms with Crippen molar-refractivity contribution in [2.45, 2.75) is 33.6 Å². The van der Waals surface area contributed by atoms with Gasteiger partial charge in [0.25, 0.3) is 5.70 Å². The summed E-state index contributed by atoms with van der Waals surface area (Å²) in [6.07, 6.45) is 3.06. The Bertz CT molecular complexity index is 779. The molecule has 0 spiro atoms. The van der Waals surface area contributed by atoms with Crippen LogP contribution in [0.5, 0.6) is 0 Å². The summed E-state index contributed by atoms with van der Waals surface area (Å²) in [7, 11) is 1.52.